The minimum absolute atomic E-state index is 0.0413. The molecule has 0 aliphatic rings. The van der Waals surface area contributed by atoms with Gasteiger partial charge in [-0.05, 0) is 47.2 Å². The van der Waals surface area contributed by atoms with Gasteiger partial charge in [-0.2, -0.15) is 13.2 Å². The number of hydrogen-bond acceptors (Lipinski definition) is 3. The zero-order chi connectivity index (χ0) is 25.8. The van der Waals surface area contributed by atoms with Crippen molar-refractivity contribution >= 4 is 40.8 Å². The fourth-order valence-corrected chi connectivity index (χ4v) is 4.09. The summed E-state index contributed by atoms with van der Waals surface area (Å²) >= 11 is 12.2. The molecule has 0 aliphatic carbocycles. The molecule has 34 heavy (non-hydrogen) atoms. The molecule has 1 amide bonds. The third-order valence-corrected chi connectivity index (χ3v) is 6.35. The maximum absolute atomic E-state index is 13.7. The summed E-state index contributed by atoms with van der Waals surface area (Å²) in [5.41, 5.74) is 0.771. The van der Waals surface area contributed by atoms with Crippen LogP contribution in [0.3, 0.4) is 0 Å². The van der Waals surface area contributed by atoms with Crippen molar-refractivity contribution in [1.29, 1.82) is 0 Å². The number of methoxy groups -OCH3 is 1. The average Bonchev–Trinajstić information content (AvgIpc) is 2.74. The Morgan fingerprint density at radius 1 is 1.03 bits per heavy atom. The van der Waals surface area contributed by atoms with Crippen molar-refractivity contribution in [2.45, 2.75) is 45.2 Å². The zero-order valence-corrected chi connectivity index (χ0v) is 20.6. The number of carbonyl (C=O) groups is 2. The summed E-state index contributed by atoms with van der Waals surface area (Å²) in [6, 6.07) is 8.64. The summed E-state index contributed by atoms with van der Waals surface area (Å²) in [6.07, 6.45) is -4.81. The Morgan fingerprint density at radius 2 is 1.62 bits per heavy atom. The molecule has 2 aromatic carbocycles. The molecule has 0 saturated carbocycles. The molecule has 10 heteroatoms. The summed E-state index contributed by atoms with van der Waals surface area (Å²) in [5.74, 6) is -5.85. The van der Waals surface area contributed by atoms with E-state index in [0.717, 1.165) is 6.92 Å². The third-order valence-electron chi connectivity index (χ3n) is 5.71. The van der Waals surface area contributed by atoms with Gasteiger partial charge < -0.3 is 15.2 Å². The summed E-state index contributed by atoms with van der Waals surface area (Å²) in [7, 11) is 1.32. The van der Waals surface area contributed by atoms with Crippen LogP contribution < -0.4 is 10.1 Å². The molecular weight excluding hydrogens is 494 g/mol. The first kappa shape index (κ1) is 27.8. The van der Waals surface area contributed by atoms with Gasteiger partial charge in [-0.25, -0.2) is 0 Å². The number of hydrogen-bond donors (Lipinski definition) is 2. The third kappa shape index (κ3) is 6.79. The average molecular weight is 520 g/mol. The molecule has 186 valence electrons. The van der Waals surface area contributed by atoms with Crippen molar-refractivity contribution in [2.75, 3.05) is 12.4 Å². The van der Waals surface area contributed by atoms with Crippen molar-refractivity contribution in [2.24, 2.45) is 11.8 Å². The maximum Gasteiger partial charge on any atom is 0.392 e. The Balaban J connectivity index is 2.48. The van der Waals surface area contributed by atoms with Crippen molar-refractivity contribution in [3.05, 3.63) is 57.6 Å². The Bertz CT molecular complexity index is 1040. The summed E-state index contributed by atoms with van der Waals surface area (Å²) in [4.78, 5) is 24.5. The fourth-order valence-electron chi connectivity index (χ4n) is 3.73. The van der Waals surface area contributed by atoms with E-state index in [9.17, 15) is 27.9 Å². The number of ether oxygens (including phenoxy) is 1. The number of aliphatic carboxylic acids is 1. The van der Waals surface area contributed by atoms with Crippen molar-refractivity contribution in [3.8, 4) is 5.75 Å². The topological polar surface area (TPSA) is 75.6 Å². The highest BCUT2D eigenvalue weighted by atomic mass is 35.5. The number of carboxylic acids is 1. The van der Waals surface area contributed by atoms with E-state index in [-0.39, 0.29) is 45.3 Å². The Hall–Kier alpha value is -2.45. The maximum atomic E-state index is 13.7. The predicted octanol–water partition coefficient (Wildman–Crippen LogP) is 7.14. The molecule has 0 radical (unpaired) electrons. The highest BCUT2D eigenvalue weighted by Crippen LogP contribution is 2.41. The number of amides is 1. The summed E-state index contributed by atoms with van der Waals surface area (Å²) in [5, 5.41) is 12.1. The van der Waals surface area contributed by atoms with Crippen molar-refractivity contribution in [1.82, 2.24) is 0 Å². The lowest BCUT2D eigenvalue weighted by atomic mass is 9.85. The number of rotatable bonds is 9. The van der Waals surface area contributed by atoms with Gasteiger partial charge in [-0.1, -0.05) is 56.1 Å². The lowest BCUT2D eigenvalue weighted by molar-refractivity contribution is -0.178. The number of nitrogens with one attached hydrogen (secondary N) is 1. The lowest BCUT2D eigenvalue weighted by Gasteiger charge is -2.27. The van der Waals surface area contributed by atoms with Crippen LogP contribution in [0.1, 0.15) is 50.2 Å². The van der Waals surface area contributed by atoms with Crippen LogP contribution in [0.5, 0.6) is 5.75 Å². The quantitative estimate of drug-likeness (QED) is 0.369. The van der Waals surface area contributed by atoms with Gasteiger partial charge in [0.2, 0.25) is 5.91 Å². The first-order valence-corrected chi connectivity index (χ1v) is 11.2. The number of benzene rings is 2. The smallest absolute Gasteiger partial charge is 0.392 e. The standard InChI is InChI=1S/C24H26Cl2F3NO4/c1-12(2)16(11-21(31)32)14-5-7-17(25)19(9-14)30-23(33)22(13(3)24(27,28)29)15-6-8-18(26)20(10-15)34-4/h5-10,12-13,16,22H,11H2,1-4H3,(H,30,33)(H,31,32)/t13-,16?,22+/m1/s1. The van der Waals surface area contributed by atoms with Crippen molar-refractivity contribution < 1.29 is 32.6 Å². The van der Waals surface area contributed by atoms with Gasteiger partial charge in [0.05, 0.1) is 41.1 Å². The Kier molecular flexibility index (Phi) is 9.25. The number of carboxylic acid groups (broad SMARTS) is 1. The van der Waals surface area contributed by atoms with Gasteiger partial charge in [0.25, 0.3) is 0 Å². The summed E-state index contributed by atoms with van der Waals surface area (Å²) in [6.45, 7) is 4.63. The first-order valence-electron chi connectivity index (χ1n) is 10.5. The SMILES string of the molecule is COc1cc([C@@H](C(=O)Nc2cc(C(CC(=O)O)C(C)C)ccc2Cl)[C@@H](C)C(F)(F)F)ccc1Cl. The predicted molar refractivity (Wildman–Crippen MR) is 126 cm³/mol. The molecule has 5 nitrogen and oxygen atoms in total. The lowest BCUT2D eigenvalue weighted by Crippen LogP contribution is -2.34. The molecule has 0 aromatic heterocycles. The van der Waals surface area contributed by atoms with E-state index in [2.05, 4.69) is 5.32 Å². The van der Waals surface area contributed by atoms with E-state index in [1.807, 2.05) is 13.8 Å². The molecule has 0 saturated heterocycles. The van der Waals surface area contributed by atoms with E-state index >= 15 is 0 Å². The molecule has 2 N–H and O–H groups in total. The van der Waals surface area contributed by atoms with Crippen LogP contribution in [0.15, 0.2) is 36.4 Å². The number of carbonyl (C=O) groups excluding carboxylic acids is 1. The molecule has 0 aliphatic heterocycles. The minimum Gasteiger partial charge on any atom is -0.495 e. The Morgan fingerprint density at radius 3 is 2.15 bits per heavy atom. The molecule has 0 fully saturated rings. The van der Waals surface area contributed by atoms with Crippen molar-refractivity contribution in [3.63, 3.8) is 0 Å². The number of alkyl halides is 3. The second-order valence-electron chi connectivity index (χ2n) is 8.38. The van der Waals surface area contributed by atoms with Crippen LogP contribution in [0.4, 0.5) is 18.9 Å². The highest BCUT2D eigenvalue weighted by molar-refractivity contribution is 6.33. The Labute approximate surface area is 206 Å². The largest absolute Gasteiger partial charge is 0.495 e. The summed E-state index contributed by atoms with van der Waals surface area (Å²) < 4.78 is 46.2. The van der Waals surface area contributed by atoms with E-state index in [1.54, 1.807) is 6.07 Å². The highest BCUT2D eigenvalue weighted by Gasteiger charge is 2.45. The molecule has 2 rings (SSSR count). The van der Waals surface area contributed by atoms with E-state index < -0.39 is 29.9 Å². The molecule has 1 unspecified atom stereocenters. The van der Waals surface area contributed by atoms with Crippen LogP contribution >= 0.6 is 23.2 Å². The molecule has 0 spiro atoms. The van der Waals surface area contributed by atoms with Crippen LogP contribution in [0.2, 0.25) is 10.0 Å². The molecule has 3 atom stereocenters. The zero-order valence-electron chi connectivity index (χ0n) is 19.0. The fraction of sp³-hybridized carbons (Fsp3) is 0.417. The molecule has 2 aromatic rings. The first-order chi connectivity index (χ1) is 15.8. The normalized spacial score (nSPS) is 14.4. The van der Waals surface area contributed by atoms with Crippen LogP contribution in [-0.2, 0) is 9.59 Å². The van der Waals surface area contributed by atoms with Crippen LogP contribution in [-0.4, -0.2) is 30.3 Å². The second kappa shape index (κ2) is 11.3. The van der Waals surface area contributed by atoms with E-state index in [1.165, 1.54) is 37.4 Å². The van der Waals surface area contributed by atoms with E-state index in [0.29, 0.717) is 5.56 Å². The molecule has 0 bridgehead atoms. The van der Waals surface area contributed by atoms with Gasteiger partial charge in [0.15, 0.2) is 0 Å². The minimum atomic E-state index is -4.66. The van der Waals surface area contributed by atoms with Gasteiger partial charge in [-0.3, -0.25) is 9.59 Å². The van der Waals surface area contributed by atoms with Crippen LogP contribution in [0.25, 0.3) is 0 Å². The monoisotopic (exact) mass is 519 g/mol. The van der Waals surface area contributed by atoms with Gasteiger partial charge in [0.1, 0.15) is 5.75 Å². The number of anilines is 1. The second-order valence-corrected chi connectivity index (χ2v) is 9.19. The number of halogens is 5. The molecular formula is C24H26Cl2F3NO4. The molecule has 0 heterocycles. The van der Waals surface area contributed by atoms with Crippen LogP contribution in [0, 0.1) is 11.8 Å². The van der Waals surface area contributed by atoms with Gasteiger partial charge in [0, 0.05) is 0 Å². The van der Waals surface area contributed by atoms with E-state index in [4.69, 9.17) is 27.9 Å². The van der Waals surface area contributed by atoms with Gasteiger partial charge >= 0.3 is 12.1 Å². The van der Waals surface area contributed by atoms with Gasteiger partial charge in [-0.15, -0.1) is 0 Å².